The molecule has 0 atom stereocenters. The van der Waals surface area contributed by atoms with Crippen LogP contribution in [0.15, 0.2) is 22.4 Å². The van der Waals surface area contributed by atoms with E-state index in [2.05, 4.69) is 0 Å². The van der Waals surface area contributed by atoms with Gasteiger partial charge in [0.15, 0.2) is 0 Å². The van der Waals surface area contributed by atoms with E-state index < -0.39 is 9.15 Å². The van der Waals surface area contributed by atoms with Crippen molar-refractivity contribution < 1.29 is 13.0 Å². The van der Waals surface area contributed by atoms with Crippen molar-refractivity contribution >= 4 is 19.9 Å². The maximum absolute atomic E-state index is 10.7. The largest absolute Gasteiger partial charge is 0.401 e. The Hall–Kier alpha value is -0.660. The van der Waals surface area contributed by atoms with Gasteiger partial charge in [0.25, 0.3) is 0 Å². The first-order chi connectivity index (χ1) is 6.79. The van der Waals surface area contributed by atoms with Gasteiger partial charge in [0, 0.05) is 41.2 Å². The Bertz CT molecular complexity index is 410. The van der Waals surface area contributed by atoms with Crippen LogP contribution in [0.2, 0.25) is 0 Å². The zero-order valence-electron chi connectivity index (χ0n) is 8.60. The van der Waals surface area contributed by atoms with Crippen LogP contribution in [0, 0.1) is 0 Å². The molecule has 0 aromatic rings. The summed E-state index contributed by atoms with van der Waals surface area (Å²) in [5, 5.41) is 0. The van der Waals surface area contributed by atoms with Gasteiger partial charge in [-0.25, -0.2) is 0 Å². The molecular formula is C8H14N2O3S2. The van der Waals surface area contributed by atoms with Gasteiger partial charge in [-0.2, -0.15) is 8.42 Å². The van der Waals surface area contributed by atoms with Gasteiger partial charge in [-0.15, -0.1) is 0 Å². The van der Waals surface area contributed by atoms with Crippen LogP contribution in [0.3, 0.4) is 0 Å². The highest BCUT2D eigenvalue weighted by Crippen LogP contribution is 2.32. The highest BCUT2D eigenvalue weighted by Gasteiger charge is 2.17. The van der Waals surface area contributed by atoms with Crippen LogP contribution in [0.25, 0.3) is 0 Å². The zero-order chi connectivity index (χ0) is 11.6. The number of hydrogen-bond donors (Lipinski definition) is 2. The summed E-state index contributed by atoms with van der Waals surface area (Å²) in [7, 11) is 0.0523. The van der Waals surface area contributed by atoms with Crippen LogP contribution >= 0.6 is 10.8 Å². The molecule has 0 aromatic carbocycles. The van der Waals surface area contributed by atoms with E-state index in [1.807, 2.05) is 19.0 Å². The van der Waals surface area contributed by atoms with Crippen LogP contribution < -0.4 is 5.73 Å². The molecular weight excluding hydrogens is 236 g/mol. The summed E-state index contributed by atoms with van der Waals surface area (Å²) in [6.07, 6.45) is 3.09. The molecule has 0 fully saturated rings. The smallest absolute Gasteiger partial charge is 0.324 e. The minimum absolute atomic E-state index is 0.386. The topological polar surface area (TPSA) is 83.6 Å². The Balaban J connectivity index is 2.95. The predicted molar refractivity (Wildman–Crippen MR) is 61.4 cm³/mol. The summed E-state index contributed by atoms with van der Waals surface area (Å²) >= 11 is 0. The molecule has 0 saturated carbocycles. The lowest BCUT2D eigenvalue weighted by molar-refractivity contribution is 0.482. The van der Waals surface area contributed by atoms with Crippen molar-refractivity contribution in [3.05, 3.63) is 22.4 Å². The molecule has 3 N–H and O–H groups in total. The van der Waals surface area contributed by atoms with Gasteiger partial charge in [-0.05, 0) is 18.9 Å². The van der Waals surface area contributed by atoms with E-state index >= 15 is 0 Å². The summed E-state index contributed by atoms with van der Waals surface area (Å²) in [4.78, 5) is 2.31. The van der Waals surface area contributed by atoms with Crippen molar-refractivity contribution in [3.8, 4) is 0 Å². The summed E-state index contributed by atoms with van der Waals surface area (Å²) in [6.45, 7) is 0. The van der Waals surface area contributed by atoms with Crippen LogP contribution in [-0.2, 0) is 9.15 Å². The van der Waals surface area contributed by atoms with Crippen LogP contribution in [0.5, 0.6) is 0 Å². The fourth-order valence-corrected chi connectivity index (χ4v) is 3.01. The van der Waals surface area contributed by atoms with Gasteiger partial charge in [-0.3, -0.25) is 4.55 Å². The Morgan fingerprint density at radius 2 is 2.07 bits per heavy atom. The van der Waals surface area contributed by atoms with Crippen molar-refractivity contribution in [2.75, 3.05) is 14.1 Å². The maximum atomic E-state index is 10.7. The molecule has 0 heterocycles. The lowest BCUT2D eigenvalue weighted by Gasteiger charge is -2.22. The van der Waals surface area contributed by atoms with Gasteiger partial charge in [0.2, 0.25) is 0 Å². The molecule has 0 radical (unpaired) electrons. The quantitative estimate of drug-likeness (QED) is 0.572. The molecule has 1 aliphatic rings. The van der Waals surface area contributed by atoms with Crippen molar-refractivity contribution in [1.82, 2.24) is 4.90 Å². The molecule has 0 aliphatic heterocycles. The second-order valence-corrected chi connectivity index (χ2v) is 6.66. The van der Waals surface area contributed by atoms with Crippen molar-refractivity contribution in [2.45, 2.75) is 12.8 Å². The maximum Gasteiger partial charge on any atom is 0.324 e. The minimum Gasteiger partial charge on any atom is -0.401 e. The Labute approximate surface area is 93.2 Å². The lowest BCUT2D eigenvalue weighted by Crippen LogP contribution is -2.16. The molecule has 0 spiro atoms. The molecule has 86 valence electrons. The predicted octanol–water partition coefficient (Wildman–Crippen LogP) is 0.932. The second-order valence-electron chi connectivity index (χ2n) is 3.43. The fourth-order valence-electron chi connectivity index (χ4n) is 1.25. The Kier molecular flexibility index (Phi) is 3.69. The number of rotatable bonds is 3. The summed E-state index contributed by atoms with van der Waals surface area (Å²) < 4.78 is 30.1. The average Bonchev–Trinajstić information content (AvgIpc) is 2.06. The van der Waals surface area contributed by atoms with Crippen molar-refractivity contribution in [3.63, 3.8) is 0 Å². The van der Waals surface area contributed by atoms with Crippen LogP contribution in [0.4, 0.5) is 0 Å². The SMILES string of the molecule is CN(C)C1=CC(SS(=O)(=O)O)=C(N)CC1. The van der Waals surface area contributed by atoms with Gasteiger partial charge in [0.05, 0.1) is 0 Å². The van der Waals surface area contributed by atoms with Crippen molar-refractivity contribution in [2.24, 2.45) is 5.73 Å². The second kappa shape index (κ2) is 4.46. The molecule has 0 unspecified atom stereocenters. The molecule has 1 aliphatic carbocycles. The van der Waals surface area contributed by atoms with E-state index in [0.29, 0.717) is 27.8 Å². The van der Waals surface area contributed by atoms with E-state index in [4.69, 9.17) is 10.3 Å². The van der Waals surface area contributed by atoms with Gasteiger partial charge in [-0.1, -0.05) is 0 Å². The monoisotopic (exact) mass is 250 g/mol. The zero-order valence-corrected chi connectivity index (χ0v) is 10.2. The molecule has 0 amide bonds. The summed E-state index contributed by atoms with van der Waals surface area (Å²) in [6, 6.07) is 0. The molecule has 0 saturated heterocycles. The molecule has 15 heavy (non-hydrogen) atoms. The first kappa shape index (κ1) is 12.4. The highest BCUT2D eigenvalue weighted by molar-refractivity contribution is 8.71. The van der Waals surface area contributed by atoms with E-state index in [9.17, 15) is 8.42 Å². The number of nitrogens with zero attached hydrogens (tertiary/aromatic N) is 1. The number of nitrogens with two attached hydrogens (primary N) is 1. The fraction of sp³-hybridized carbons (Fsp3) is 0.500. The first-order valence-electron chi connectivity index (χ1n) is 4.33. The van der Waals surface area contributed by atoms with Crippen LogP contribution in [0.1, 0.15) is 12.8 Å². The standard InChI is InChI=1S/C8H14N2O3S2/c1-10(2)6-3-4-7(9)8(5-6)14-15(11,12)13/h5H,3-4,9H2,1-2H3,(H,11,12,13). The first-order valence-corrected chi connectivity index (χ1v) is 7.10. The third kappa shape index (κ3) is 3.77. The summed E-state index contributed by atoms with van der Waals surface area (Å²) in [5.74, 6) is 0. The molecule has 0 bridgehead atoms. The normalized spacial score (nSPS) is 17.7. The molecule has 0 aromatic heterocycles. The average molecular weight is 250 g/mol. The Morgan fingerprint density at radius 3 is 2.53 bits per heavy atom. The van der Waals surface area contributed by atoms with E-state index in [0.717, 1.165) is 12.1 Å². The third-order valence-electron chi connectivity index (χ3n) is 2.03. The van der Waals surface area contributed by atoms with Gasteiger partial charge < -0.3 is 10.6 Å². The van der Waals surface area contributed by atoms with E-state index in [1.54, 1.807) is 6.08 Å². The van der Waals surface area contributed by atoms with Gasteiger partial charge in [0.1, 0.15) is 0 Å². The number of allylic oxidation sites excluding steroid dienone is 3. The van der Waals surface area contributed by atoms with E-state index in [1.165, 1.54) is 0 Å². The molecule has 5 nitrogen and oxygen atoms in total. The Morgan fingerprint density at radius 1 is 1.47 bits per heavy atom. The highest BCUT2D eigenvalue weighted by atomic mass is 33.1. The molecule has 1 rings (SSSR count). The van der Waals surface area contributed by atoms with Gasteiger partial charge >= 0.3 is 9.15 Å². The minimum atomic E-state index is -4.09. The third-order valence-corrected chi connectivity index (χ3v) is 3.97. The van der Waals surface area contributed by atoms with Crippen LogP contribution in [-0.4, -0.2) is 32.0 Å². The number of hydrogen-bond acceptors (Lipinski definition) is 5. The summed E-state index contributed by atoms with van der Waals surface area (Å²) in [5.41, 5.74) is 7.17. The molecule has 7 heteroatoms. The lowest BCUT2D eigenvalue weighted by atomic mass is 10.1. The van der Waals surface area contributed by atoms with E-state index in [-0.39, 0.29) is 0 Å². The van der Waals surface area contributed by atoms with Crippen molar-refractivity contribution in [1.29, 1.82) is 0 Å².